The summed E-state index contributed by atoms with van der Waals surface area (Å²) in [7, 11) is 0. The van der Waals surface area contributed by atoms with E-state index in [1.165, 1.54) is 38.0 Å². The summed E-state index contributed by atoms with van der Waals surface area (Å²) in [6.07, 6.45) is 12.6. The number of hydrogen-bond donors (Lipinski definition) is 2. The molecule has 6 heteroatoms. The first-order valence-corrected chi connectivity index (χ1v) is 7.20. The highest BCUT2D eigenvalue weighted by atomic mass is 16.4. The second kappa shape index (κ2) is 8.17. The van der Waals surface area contributed by atoms with Crippen LogP contribution in [0.15, 0.2) is 42.5 Å². The number of aromatic nitrogens is 2. The molecule has 1 aromatic heterocycles. The Bertz CT molecular complexity index is 561. The molecule has 22 heavy (non-hydrogen) atoms. The van der Waals surface area contributed by atoms with Gasteiger partial charge < -0.3 is 14.8 Å². The van der Waals surface area contributed by atoms with Crippen LogP contribution in [0.2, 0.25) is 0 Å². The molecule has 1 aliphatic carbocycles. The molecule has 0 fully saturated rings. The third-order valence-electron chi connectivity index (χ3n) is 3.41. The molecule has 0 saturated carbocycles. The Morgan fingerprint density at radius 1 is 1.41 bits per heavy atom. The van der Waals surface area contributed by atoms with Crippen molar-refractivity contribution in [1.82, 2.24) is 9.55 Å². The zero-order chi connectivity index (χ0) is 16.6. The van der Waals surface area contributed by atoms with Crippen LogP contribution in [0.4, 0.5) is 0 Å². The van der Waals surface area contributed by atoms with Gasteiger partial charge in [0.25, 0.3) is 0 Å². The number of unbranched alkanes of at least 4 members (excludes halogenated alkanes) is 1. The maximum atomic E-state index is 10.8. The van der Waals surface area contributed by atoms with E-state index in [1.54, 1.807) is 0 Å². The molecule has 2 N–H and O–H groups in total. The number of carbonyl (C=O) groups is 2. The van der Waals surface area contributed by atoms with E-state index in [-0.39, 0.29) is 12.0 Å². The Morgan fingerprint density at radius 2 is 2.14 bits per heavy atom. The molecule has 0 spiro atoms. The lowest BCUT2D eigenvalue weighted by atomic mass is 9.80. The molecule has 0 saturated heterocycles. The van der Waals surface area contributed by atoms with E-state index >= 15 is 0 Å². The third-order valence-corrected chi connectivity index (χ3v) is 3.41. The molecule has 0 aromatic carbocycles. The van der Waals surface area contributed by atoms with Crippen LogP contribution in [0.5, 0.6) is 0 Å². The highest BCUT2D eigenvalue weighted by Crippen LogP contribution is 2.31. The topological polar surface area (TPSA) is 92.4 Å². The van der Waals surface area contributed by atoms with Gasteiger partial charge in [-0.1, -0.05) is 31.6 Å². The Balaban J connectivity index is 0.000000235. The Morgan fingerprint density at radius 3 is 2.64 bits per heavy atom. The molecule has 1 heterocycles. The quantitative estimate of drug-likeness (QED) is 0.872. The summed E-state index contributed by atoms with van der Waals surface area (Å²) in [5, 5.41) is 17.5. The number of imidazole rings is 1. The number of carboxylic acids is 2. The molecule has 1 aromatic rings. The minimum absolute atomic E-state index is 0.0359. The molecule has 0 radical (unpaired) electrons. The van der Waals surface area contributed by atoms with Gasteiger partial charge >= 0.3 is 11.9 Å². The fourth-order valence-corrected chi connectivity index (χ4v) is 1.94. The van der Waals surface area contributed by atoms with Gasteiger partial charge in [0.2, 0.25) is 0 Å². The summed E-state index contributed by atoms with van der Waals surface area (Å²) in [5.74, 6) is -2.06. The molecule has 1 aliphatic rings. The van der Waals surface area contributed by atoms with Crippen LogP contribution in [0.1, 0.15) is 33.1 Å². The molecule has 0 bridgehead atoms. The van der Waals surface area contributed by atoms with Crippen molar-refractivity contribution in [3.63, 3.8) is 0 Å². The number of aryl methyl sites for hydroxylation is 1. The predicted molar refractivity (Wildman–Crippen MR) is 82.4 cm³/mol. The summed E-state index contributed by atoms with van der Waals surface area (Å²) < 4.78 is 2.10. The minimum Gasteiger partial charge on any atom is -0.481 e. The first-order valence-electron chi connectivity index (χ1n) is 7.20. The van der Waals surface area contributed by atoms with E-state index < -0.39 is 17.4 Å². The van der Waals surface area contributed by atoms with Gasteiger partial charge in [0.05, 0.1) is 11.7 Å². The van der Waals surface area contributed by atoms with Gasteiger partial charge in [0.15, 0.2) is 0 Å². The predicted octanol–water partition coefficient (Wildman–Crippen LogP) is 2.73. The van der Waals surface area contributed by atoms with Crippen molar-refractivity contribution in [3.05, 3.63) is 42.5 Å². The van der Waals surface area contributed by atoms with E-state index in [0.717, 1.165) is 6.54 Å². The van der Waals surface area contributed by atoms with Crippen LogP contribution in [-0.4, -0.2) is 31.7 Å². The van der Waals surface area contributed by atoms with E-state index in [2.05, 4.69) is 16.5 Å². The van der Waals surface area contributed by atoms with E-state index in [1.807, 2.05) is 18.7 Å². The van der Waals surface area contributed by atoms with Crippen LogP contribution >= 0.6 is 0 Å². The highest BCUT2D eigenvalue weighted by Gasteiger charge is 2.34. The summed E-state index contributed by atoms with van der Waals surface area (Å²) in [4.78, 5) is 25.3. The summed E-state index contributed by atoms with van der Waals surface area (Å²) in [6.45, 7) is 4.80. The Hall–Kier alpha value is -2.37. The van der Waals surface area contributed by atoms with Crippen molar-refractivity contribution in [2.75, 3.05) is 0 Å². The van der Waals surface area contributed by atoms with Crippen molar-refractivity contribution in [1.29, 1.82) is 0 Å². The Kier molecular flexibility index (Phi) is 6.56. The molecule has 2 rings (SSSR count). The van der Waals surface area contributed by atoms with Crippen molar-refractivity contribution in [2.24, 2.45) is 5.41 Å². The van der Waals surface area contributed by atoms with Crippen LogP contribution in [-0.2, 0) is 16.1 Å². The smallest absolute Gasteiger partial charge is 0.331 e. The van der Waals surface area contributed by atoms with Gasteiger partial charge in [0, 0.05) is 24.5 Å². The number of nitrogens with zero attached hydrogens (tertiary/aromatic N) is 2. The lowest BCUT2D eigenvalue weighted by molar-refractivity contribution is -0.145. The summed E-state index contributed by atoms with van der Waals surface area (Å²) >= 11 is 0. The van der Waals surface area contributed by atoms with Crippen LogP contribution in [0, 0.1) is 5.41 Å². The third kappa shape index (κ3) is 5.20. The van der Waals surface area contributed by atoms with Crippen molar-refractivity contribution in [3.8, 4) is 0 Å². The first-order chi connectivity index (χ1) is 10.4. The van der Waals surface area contributed by atoms with Crippen LogP contribution in [0.25, 0.3) is 0 Å². The van der Waals surface area contributed by atoms with Gasteiger partial charge in [-0.05, 0) is 19.8 Å². The molecule has 0 amide bonds. The molecule has 0 aliphatic heterocycles. The molecular formula is C16H22N2O4. The fraction of sp³-hybridized carbons (Fsp3) is 0.438. The van der Waals surface area contributed by atoms with Gasteiger partial charge in [-0.3, -0.25) is 4.79 Å². The fourth-order valence-electron chi connectivity index (χ4n) is 1.94. The number of allylic oxidation sites excluding steroid dienone is 2. The molecule has 120 valence electrons. The van der Waals surface area contributed by atoms with Crippen LogP contribution in [0.3, 0.4) is 0 Å². The average Bonchev–Trinajstić information content (AvgIpc) is 2.99. The largest absolute Gasteiger partial charge is 0.481 e. The van der Waals surface area contributed by atoms with E-state index in [4.69, 9.17) is 10.2 Å². The van der Waals surface area contributed by atoms with Crippen LogP contribution < -0.4 is 0 Å². The molecule has 1 atom stereocenters. The zero-order valence-electron chi connectivity index (χ0n) is 12.9. The normalized spacial score (nSPS) is 19.8. The Labute approximate surface area is 129 Å². The van der Waals surface area contributed by atoms with Gasteiger partial charge in [-0.25, -0.2) is 9.78 Å². The SMILES string of the molecule is CC1(C(=O)O)C=CC=C(C(=O)O)C1.CCCCn1ccnc1. The summed E-state index contributed by atoms with van der Waals surface area (Å²) in [6, 6.07) is 0. The number of carboxylic acid groups (broad SMARTS) is 2. The van der Waals surface area contributed by atoms with Gasteiger partial charge in [0.1, 0.15) is 0 Å². The maximum Gasteiger partial charge on any atom is 0.331 e. The van der Waals surface area contributed by atoms with E-state index in [0.29, 0.717) is 0 Å². The van der Waals surface area contributed by atoms with Gasteiger partial charge in [-0.2, -0.15) is 0 Å². The molecule has 1 unspecified atom stereocenters. The van der Waals surface area contributed by atoms with Gasteiger partial charge in [-0.15, -0.1) is 0 Å². The first kappa shape index (κ1) is 17.7. The molecular weight excluding hydrogens is 284 g/mol. The number of aliphatic carboxylic acids is 2. The lowest BCUT2D eigenvalue weighted by Crippen LogP contribution is -2.28. The average molecular weight is 306 g/mol. The zero-order valence-corrected chi connectivity index (χ0v) is 12.9. The van der Waals surface area contributed by atoms with Crippen molar-refractivity contribution in [2.45, 2.75) is 39.7 Å². The van der Waals surface area contributed by atoms with E-state index in [9.17, 15) is 9.59 Å². The summed E-state index contributed by atoms with van der Waals surface area (Å²) in [5.41, 5.74) is -0.949. The number of rotatable bonds is 5. The standard InChI is InChI=1S/C9H10O4.C7H12N2/c1-9(8(12)13)4-2-3-6(5-9)7(10)11;1-2-3-5-9-6-4-8-7-9/h2-4H,5H2,1H3,(H,10,11)(H,12,13);4,6-7H,2-3,5H2,1H3. The molecule has 6 nitrogen and oxygen atoms in total. The monoisotopic (exact) mass is 306 g/mol. The minimum atomic E-state index is -1.08. The number of hydrogen-bond acceptors (Lipinski definition) is 3. The second-order valence-corrected chi connectivity index (χ2v) is 5.41. The van der Waals surface area contributed by atoms with Crippen molar-refractivity contribution < 1.29 is 19.8 Å². The highest BCUT2D eigenvalue weighted by molar-refractivity contribution is 5.90. The lowest BCUT2D eigenvalue weighted by Gasteiger charge is -2.23. The maximum absolute atomic E-state index is 10.8. The van der Waals surface area contributed by atoms with Crippen molar-refractivity contribution >= 4 is 11.9 Å². The second-order valence-electron chi connectivity index (χ2n) is 5.41.